The number of nitro benzene ring substituents is 1. The minimum atomic E-state index is -1.64. The number of non-ortho nitro benzene ring substituents is 1. The number of anilines is 1. The van der Waals surface area contributed by atoms with Crippen LogP contribution in [0.2, 0.25) is 0 Å². The monoisotopic (exact) mass is 526 g/mol. The van der Waals surface area contributed by atoms with Crippen molar-refractivity contribution < 1.29 is 33.8 Å². The Morgan fingerprint density at radius 1 is 1.03 bits per heavy atom. The molecule has 0 aliphatic heterocycles. The average molecular weight is 527 g/mol. The van der Waals surface area contributed by atoms with Crippen LogP contribution in [-0.2, 0) is 19.1 Å². The van der Waals surface area contributed by atoms with Crippen LogP contribution in [0.4, 0.5) is 11.4 Å². The molecule has 1 aliphatic rings. The van der Waals surface area contributed by atoms with Crippen LogP contribution in [0.5, 0.6) is 5.75 Å². The maximum absolute atomic E-state index is 13.6. The van der Waals surface area contributed by atoms with Gasteiger partial charge in [0.1, 0.15) is 5.75 Å². The summed E-state index contributed by atoms with van der Waals surface area (Å²) < 4.78 is 16.3. The summed E-state index contributed by atoms with van der Waals surface area (Å²) in [5.41, 5.74) is -0.245. The molecule has 0 saturated heterocycles. The molecular formula is C28H34N2O8. The molecule has 0 amide bonds. The van der Waals surface area contributed by atoms with Crippen LogP contribution in [-0.4, -0.2) is 46.9 Å². The van der Waals surface area contributed by atoms with Crippen LogP contribution in [0.25, 0.3) is 0 Å². The van der Waals surface area contributed by atoms with Gasteiger partial charge in [0.25, 0.3) is 5.69 Å². The fourth-order valence-electron chi connectivity index (χ4n) is 4.62. The van der Waals surface area contributed by atoms with E-state index in [1.807, 2.05) is 0 Å². The minimum absolute atomic E-state index is 0.0805. The summed E-state index contributed by atoms with van der Waals surface area (Å²) in [5, 5.41) is 26.1. The molecular weight excluding hydrogens is 492 g/mol. The van der Waals surface area contributed by atoms with Crippen molar-refractivity contribution in [2.75, 3.05) is 12.4 Å². The molecule has 0 spiro atoms. The molecule has 3 atom stereocenters. The number of esters is 2. The number of aliphatic hydroxyl groups is 1. The Morgan fingerprint density at radius 3 is 2.11 bits per heavy atom. The van der Waals surface area contributed by atoms with Gasteiger partial charge in [-0.25, -0.2) is 4.79 Å². The summed E-state index contributed by atoms with van der Waals surface area (Å²) in [6, 6.07) is 12.6. The Labute approximate surface area is 221 Å². The van der Waals surface area contributed by atoms with Crippen molar-refractivity contribution in [3.8, 4) is 5.75 Å². The van der Waals surface area contributed by atoms with E-state index < -0.39 is 46.5 Å². The second-order valence-corrected chi connectivity index (χ2v) is 10.0. The van der Waals surface area contributed by atoms with E-state index in [0.29, 0.717) is 22.7 Å². The van der Waals surface area contributed by atoms with Gasteiger partial charge >= 0.3 is 11.9 Å². The van der Waals surface area contributed by atoms with Gasteiger partial charge < -0.3 is 24.6 Å². The quantitative estimate of drug-likeness (QED) is 0.270. The summed E-state index contributed by atoms with van der Waals surface area (Å²) >= 11 is 0. The molecule has 38 heavy (non-hydrogen) atoms. The summed E-state index contributed by atoms with van der Waals surface area (Å²) in [6.45, 7) is 8.31. The first-order valence-electron chi connectivity index (χ1n) is 12.4. The summed E-state index contributed by atoms with van der Waals surface area (Å²) in [5.74, 6) is -2.93. The number of nitrogens with zero attached hydrogens (tertiary/aromatic N) is 1. The van der Waals surface area contributed by atoms with Crippen molar-refractivity contribution in [1.29, 1.82) is 0 Å². The van der Waals surface area contributed by atoms with Gasteiger partial charge in [0, 0.05) is 35.9 Å². The molecule has 0 radical (unpaired) electrons. The van der Waals surface area contributed by atoms with Gasteiger partial charge in [-0.2, -0.15) is 0 Å². The van der Waals surface area contributed by atoms with Crippen LogP contribution >= 0.6 is 0 Å². The number of carbonyl (C=O) groups is 2. The molecule has 3 rings (SSSR count). The summed E-state index contributed by atoms with van der Waals surface area (Å²) in [7, 11) is 1.55. The number of nitrogens with one attached hydrogen (secondary N) is 1. The summed E-state index contributed by atoms with van der Waals surface area (Å²) in [6.07, 6.45) is -1.01. The highest BCUT2D eigenvalue weighted by Crippen LogP contribution is 2.48. The van der Waals surface area contributed by atoms with Gasteiger partial charge in [0.15, 0.2) is 0 Å². The molecule has 2 aromatic rings. The van der Waals surface area contributed by atoms with Crippen LogP contribution in [0.3, 0.4) is 0 Å². The number of rotatable bonds is 9. The Bertz CT molecular complexity index is 1200. The minimum Gasteiger partial charge on any atom is -0.497 e. The maximum atomic E-state index is 13.6. The molecule has 0 fully saturated rings. The number of hydrogen-bond donors (Lipinski definition) is 2. The SMILES string of the molecule is COc1ccc(NC2=C(C(=O)OC(C)C)C(c3ccc([N+](=O)[O-])cc3)C(C(=O)OC(C)C)C(C)(O)C2)cc1. The van der Waals surface area contributed by atoms with Crippen molar-refractivity contribution in [2.24, 2.45) is 5.92 Å². The molecule has 0 aromatic heterocycles. The van der Waals surface area contributed by atoms with Gasteiger partial charge in [-0.15, -0.1) is 0 Å². The first kappa shape index (κ1) is 28.6. The smallest absolute Gasteiger partial charge is 0.336 e. The Morgan fingerprint density at radius 2 is 1.61 bits per heavy atom. The van der Waals surface area contributed by atoms with Crippen LogP contribution in [0.1, 0.15) is 52.5 Å². The van der Waals surface area contributed by atoms with Gasteiger partial charge in [-0.1, -0.05) is 12.1 Å². The van der Waals surface area contributed by atoms with Gasteiger partial charge in [0.2, 0.25) is 0 Å². The molecule has 10 heteroatoms. The Kier molecular flexibility index (Phi) is 8.78. The lowest BCUT2D eigenvalue weighted by molar-refractivity contribution is -0.384. The third-order valence-electron chi connectivity index (χ3n) is 6.19. The lowest BCUT2D eigenvalue weighted by atomic mass is 9.65. The van der Waals surface area contributed by atoms with Crippen LogP contribution < -0.4 is 10.1 Å². The average Bonchev–Trinajstić information content (AvgIpc) is 2.82. The third kappa shape index (κ3) is 6.49. The maximum Gasteiger partial charge on any atom is 0.336 e. The highest BCUT2D eigenvalue weighted by Gasteiger charge is 2.52. The second-order valence-electron chi connectivity index (χ2n) is 10.0. The van der Waals surface area contributed by atoms with Crippen LogP contribution in [0.15, 0.2) is 59.8 Å². The van der Waals surface area contributed by atoms with Gasteiger partial charge in [0.05, 0.1) is 41.3 Å². The molecule has 204 valence electrons. The predicted molar refractivity (Wildman–Crippen MR) is 141 cm³/mol. The summed E-state index contributed by atoms with van der Waals surface area (Å²) in [4.78, 5) is 37.7. The Hall–Kier alpha value is -3.92. The molecule has 0 bridgehead atoms. The van der Waals surface area contributed by atoms with E-state index in [0.717, 1.165) is 0 Å². The fraction of sp³-hybridized carbons (Fsp3) is 0.429. The van der Waals surface area contributed by atoms with E-state index in [1.54, 1.807) is 59.1 Å². The number of benzene rings is 2. The van der Waals surface area contributed by atoms with E-state index in [1.165, 1.54) is 31.2 Å². The molecule has 3 unspecified atom stereocenters. The lowest BCUT2D eigenvalue weighted by Crippen LogP contribution is -2.50. The topological polar surface area (TPSA) is 137 Å². The van der Waals surface area contributed by atoms with E-state index in [9.17, 15) is 24.8 Å². The van der Waals surface area contributed by atoms with E-state index >= 15 is 0 Å². The van der Waals surface area contributed by atoms with E-state index in [4.69, 9.17) is 14.2 Å². The standard InChI is InChI=1S/C28H34N2O8/c1-16(2)37-26(31)24-22(29-19-9-13-21(36-6)14-10-19)15-28(5,33)25(27(32)38-17(3)4)23(24)18-7-11-20(12-8-18)30(34)35/h7-14,16-17,23,25,29,33H,15H2,1-6H3. The number of hydrogen-bond acceptors (Lipinski definition) is 9. The zero-order valence-electron chi connectivity index (χ0n) is 22.4. The van der Waals surface area contributed by atoms with Crippen molar-refractivity contribution in [3.05, 3.63) is 75.5 Å². The molecule has 10 nitrogen and oxygen atoms in total. The number of methoxy groups -OCH3 is 1. The normalized spacial score (nSPS) is 21.3. The number of ether oxygens (including phenoxy) is 3. The Balaban J connectivity index is 2.25. The first-order valence-corrected chi connectivity index (χ1v) is 12.4. The van der Waals surface area contributed by atoms with Crippen LogP contribution in [0, 0.1) is 16.0 Å². The number of carbonyl (C=O) groups excluding carboxylic acids is 2. The largest absolute Gasteiger partial charge is 0.497 e. The van der Waals surface area contributed by atoms with Crippen molar-refractivity contribution >= 4 is 23.3 Å². The molecule has 1 aliphatic carbocycles. The van der Waals surface area contributed by atoms with Gasteiger partial charge in [-0.3, -0.25) is 14.9 Å². The molecule has 0 heterocycles. The zero-order chi connectivity index (χ0) is 28.2. The highest BCUT2D eigenvalue weighted by atomic mass is 16.6. The molecule has 0 saturated carbocycles. The zero-order valence-corrected chi connectivity index (χ0v) is 22.4. The predicted octanol–water partition coefficient (Wildman–Crippen LogP) is 4.73. The molecule has 2 N–H and O–H groups in total. The van der Waals surface area contributed by atoms with Crippen molar-refractivity contribution in [1.82, 2.24) is 0 Å². The fourth-order valence-corrected chi connectivity index (χ4v) is 4.62. The molecule has 2 aromatic carbocycles. The van der Waals surface area contributed by atoms with E-state index in [2.05, 4.69) is 5.32 Å². The third-order valence-corrected chi connectivity index (χ3v) is 6.19. The first-order chi connectivity index (χ1) is 17.8. The van der Waals surface area contributed by atoms with Crippen molar-refractivity contribution in [3.63, 3.8) is 0 Å². The lowest BCUT2D eigenvalue weighted by Gasteiger charge is -2.43. The highest BCUT2D eigenvalue weighted by molar-refractivity contribution is 5.94. The number of nitro groups is 1. The van der Waals surface area contributed by atoms with Gasteiger partial charge in [-0.05, 0) is 64.4 Å². The second kappa shape index (κ2) is 11.6. The van der Waals surface area contributed by atoms with E-state index in [-0.39, 0.29) is 17.7 Å². The van der Waals surface area contributed by atoms with Crippen molar-refractivity contribution in [2.45, 2.75) is 64.8 Å².